The van der Waals surface area contributed by atoms with Crippen molar-refractivity contribution < 1.29 is 14.3 Å². The lowest BCUT2D eigenvalue weighted by atomic mass is 9.73. The molecule has 0 atom stereocenters. The van der Waals surface area contributed by atoms with Gasteiger partial charge in [0, 0.05) is 74.6 Å². The van der Waals surface area contributed by atoms with Crippen molar-refractivity contribution in [1.82, 2.24) is 15.2 Å². The third kappa shape index (κ3) is 7.16. The normalized spacial score (nSPS) is 16.9. The van der Waals surface area contributed by atoms with Gasteiger partial charge in [-0.05, 0) is 126 Å². The molecule has 0 bridgehead atoms. The predicted molar refractivity (Wildman–Crippen MR) is 190 cm³/mol. The molecule has 2 fully saturated rings. The number of rotatable bonds is 10. The number of carbonyl (C=O) groups is 2. The molecule has 252 valence electrons. The van der Waals surface area contributed by atoms with Gasteiger partial charge in [-0.3, -0.25) is 9.59 Å². The smallest absolute Gasteiger partial charge is 0.253 e. The maximum atomic E-state index is 14.0. The van der Waals surface area contributed by atoms with Gasteiger partial charge in [-0.15, -0.1) is 0 Å². The monoisotopic (exact) mass is 641 g/mol. The van der Waals surface area contributed by atoms with E-state index < -0.39 is 5.41 Å². The second-order valence-corrected chi connectivity index (χ2v) is 13.6. The third-order valence-corrected chi connectivity index (χ3v) is 10.3. The Morgan fingerprint density at radius 1 is 1.04 bits per heavy atom. The predicted octanol–water partition coefficient (Wildman–Crippen LogP) is 5.13. The molecule has 5 rings (SSSR count). The number of ether oxygens (including phenoxy) is 1. The summed E-state index contributed by atoms with van der Waals surface area (Å²) in [6.07, 6.45) is 4.58. The van der Waals surface area contributed by atoms with E-state index >= 15 is 0 Å². The van der Waals surface area contributed by atoms with Crippen molar-refractivity contribution in [2.24, 2.45) is 0 Å². The van der Waals surface area contributed by atoms with Crippen LogP contribution in [0.4, 0.5) is 11.4 Å². The molecule has 0 radical (unpaired) electrons. The third-order valence-electron chi connectivity index (χ3n) is 10.3. The first-order chi connectivity index (χ1) is 22.5. The fourth-order valence-electron chi connectivity index (χ4n) is 7.36. The van der Waals surface area contributed by atoms with Gasteiger partial charge in [0.25, 0.3) is 11.5 Å². The lowest BCUT2D eigenvalue weighted by Crippen LogP contribution is -2.42. The lowest BCUT2D eigenvalue weighted by Gasteiger charge is -2.39. The highest BCUT2D eigenvalue weighted by Crippen LogP contribution is 2.41. The van der Waals surface area contributed by atoms with Crippen LogP contribution in [0.3, 0.4) is 0 Å². The van der Waals surface area contributed by atoms with E-state index in [-0.39, 0.29) is 18.0 Å². The van der Waals surface area contributed by atoms with Crippen LogP contribution in [0.5, 0.6) is 0 Å². The molecule has 2 aromatic carbocycles. The van der Waals surface area contributed by atoms with Crippen molar-refractivity contribution >= 4 is 23.6 Å². The summed E-state index contributed by atoms with van der Waals surface area (Å²) in [5.74, 6) is -0.219. The number of aromatic amines is 1. The number of hydrogen-bond acceptors (Lipinski definition) is 7. The number of benzene rings is 2. The molecule has 9 heteroatoms. The van der Waals surface area contributed by atoms with E-state index in [0.29, 0.717) is 17.2 Å². The largest absolute Gasteiger partial charge is 0.381 e. The number of piperidine rings is 1. The Morgan fingerprint density at radius 2 is 1.72 bits per heavy atom. The van der Waals surface area contributed by atoms with Crippen LogP contribution in [-0.4, -0.2) is 82.1 Å². The van der Waals surface area contributed by atoms with Crippen LogP contribution in [0.25, 0.3) is 11.1 Å². The summed E-state index contributed by atoms with van der Waals surface area (Å²) >= 11 is 0. The number of anilines is 2. The fourth-order valence-corrected chi connectivity index (χ4v) is 7.36. The van der Waals surface area contributed by atoms with Crippen LogP contribution in [0.2, 0.25) is 0 Å². The van der Waals surface area contributed by atoms with Gasteiger partial charge in [0.15, 0.2) is 0 Å². The molecular formula is C38H51N5O4. The SMILES string of the molecule is CCN(c1cc(-c2ccc(C3(C=O)CCN(C)CC3)c(N(C)C)c2)cc(C(=O)NCc2c(C)cc(C)[nH]c2=O)c1C)C1CCOCC1. The van der Waals surface area contributed by atoms with Crippen molar-refractivity contribution in [3.8, 4) is 11.1 Å². The van der Waals surface area contributed by atoms with Gasteiger partial charge in [-0.2, -0.15) is 0 Å². The Morgan fingerprint density at radius 3 is 2.34 bits per heavy atom. The quantitative estimate of drug-likeness (QED) is 0.296. The summed E-state index contributed by atoms with van der Waals surface area (Å²) in [5.41, 5.74) is 7.99. The lowest BCUT2D eigenvalue weighted by molar-refractivity contribution is -0.114. The second kappa shape index (κ2) is 14.4. The second-order valence-electron chi connectivity index (χ2n) is 13.6. The molecule has 2 N–H and O–H groups in total. The number of aldehydes is 1. The molecule has 47 heavy (non-hydrogen) atoms. The summed E-state index contributed by atoms with van der Waals surface area (Å²) in [6, 6.07) is 12.8. The molecule has 9 nitrogen and oxygen atoms in total. The number of nitrogens with one attached hydrogen (secondary N) is 2. The summed E-state index contributed by atoms with van der Waals surface area (Å²) in [7, 11) is 6.15. The summed E-state index contributed by atoms with van der Waals surface area (Å²) in [5, 5.41) is 3.05. The number of aryl methyl sites for hydroxylation is 2. The summed E-state index contributed by atoms with van der Waals surface area (Å²) in [6.45, 7) is 12.1. The highest BCUT2D eigenvalue weighted by Gasteiger charge is 2.37. The minimum absolute atomic E-state index is 0.138. The standard InChI is InChI=1S/C38H51N5O4/c1-8-43(30-11-17-47-18-12-30)34-22-29(20-31(27(34)4)36(45)39-23-32-25(2)19-26(3)40-37(32)46)28-9-10-33(35(21-28)41(5)6)38(24-44)13-15-42(7)16-14-38/h9-10,19-22,24,30H,8,11-18,23H2,1-7H3,(H,39,45)(H,40,46). The average molecular weight is 642 g/mol. The maximum Gasteiger partial charge on any atom is 0.253 e. The van der Waals surface area contributed by atoms with Crippen molar-refractivity contribution in [2.45, 2.75) is 71.4 Å². The number of likely N-dealkylation sites (tertiary alicyclic amines) is 1. The van der Waals surface area contributed by atoms with Gasteiger partial charge in [-0.1, -0.05) is 12.1 Å². The average Bonchev–Trinajstić information content (AvgIpc) is 3.06. The maximum absolute atomic E-state index is 14.0. The van der Waals surface area contributed by atoms with Crippen LogP contribution in [0.1, 0.15) is 70.9 Å². The molecule has 2 aliphatic rings. The van der Waals surface area contributed by atoms with Crippen molar-refractivity contribution in [1.29, 1.82) is 0 Å². The van der Waals surface area contributed by atoms with Gasteiger partial charge in [0.2, 0.25) is 0 Å². The minimum Gasteiger partial charge on any atom is -0.381 e. The molecule has 1 aromatic heterocycles. The highest BCUT2D eigenvalue weighted by molar-refractivity contribution is 5.99. The summed E-state index contributed by atoms with van der Waals surface area (Å²) < 4.78 is 5.69. The van der Waals surface area contributed by atoms with Gasteiger partial charge in [0.1, 0.15) is 6.29 Å². The van der Waals surface area contributed by atoms with Crippen LogP contribution in [0, 0.1) is 20.8 Å². The zero-order chi connectivity index (χ0) is 33.9. The molecular weight excluding hydrogens is 590 g/mol. The Labute approximate surface area is 279 Å². The van der Waals surface area contributed by atoms with Gasteiger partial charge in [0.05, 0.1) is 5.41 Å². The number of amides is 1. The van der Waals surface area contributed by atoms with Crippen molar-refractivity contribution in [2.75, 3.05) is 63.8 Å². The van der Waals surface area contributed by atoms with Crippen molar-refractivity contribution in [3.05, 3.63) is 80.3 Å². The molecule has 3 aromatic rings. The van der Waals surface area contributed by atoms with E-state index in [0.717, 1.165) is 110 Å². The number of pyridine rings is 1. The molecule has 0 saturated carbocycles. The topological polar surface area (TPSA) is 98.0 Å². The zero-order valence-corrected chi connectivity index (χ0v) is 29.2. The number of nitrogens with zero attached hydrogens (tertiary/aromatic N) is 3. The highest BCUT2D eigenvalue weighted by atomic mass is 16.5. The number of carbonyl (C=O) groups excluding carboxylic acids is 2. The van der Waals surface area contributed by atoms with Gasteiger partial charge < -0.3 is 34.5 Å². The first kappa shape index (κ1) is 34.4. The fraction of sp³-hybridized carbons (Fsp3) is 0.500. The van der Waals surface area contributed by atoms with Gasteiger partial charge in [-0.25, -0.2) is 0 Å². The van der Waals surface area contributed by atoms with Crippen LogP contribution in [0.15, 0.2) is 41.2 Å². The Bertz CT molecular complexity index is 1670. The van der Waals surface area contributed by atoms with Crippen LogP contribution >= 0.6 is 0 Å². The van der Waals surface area contributed by atoms with E-state index in [2.05, 4.69) is 63.2 Å². The van der Waals surface area contributed by atoms with E-state index in [1.807, 2.05) is 47.0 Å². The van der Waals surface area contributed by atoms with E-state index in [4.69, 9.17) is 4.74 Å². The minimum atomic E-state index is -0.526. The molecule has 0 aliphatic carbocycles. The first-order valence-corrected chi connectivity index (χ1v) is 16.9. The van der Waals surface area contributed by atoms with E-state index in [9.17, 15) is 14.4 Å². The number of hydrogen-bond donors (Lipinski definition) is 2. The van der Waals surface area contributed by atoms with E-state index in [1.165, 1.54) is 0 Å². The molecule has 2 aliphatic heterocycles. The van der Waals surface area contributed by atoms with E-state index in [1.54, 1.807) is 0 Å². The molecule has 1 amide bonds. The Balaban J connectivity index is 1.59. The number of H-pyrrole nitrogens is 1. The molecule has 3 heterocycles. The summed E-state index contributed by atoms with van der Waals surface area (Å²) in [4.78, 5) is 49.0. The Hall–Kier alpha value is -3.95. The number of aromatic nitrogens is 1. The Kier molecular flexibility index (Phi) is 10.6. The molecule has 0 spiro atoms. The van der Waals surface area contributed by atoms with Crippen LogP contribution < -0.4 is 20.7 Å². The first-order valence-electron chi connectivity index (χ1n) is 16.9. The molecule has 0 unspecified atom stereocenters. The molecule has 2 saturated heterocycles. The zero-order valence-electron chi connectivity index (χ0n) is 29.2. The van der Waals surface area contributed by atoms with Gasteiger partial charge >= 0.3 is 0 Å². The van der Waals surface area contributed by atoms with Crippen LogP contribution in [-0.2, 0) is 21.5 Å². The van der Waals surface area contributed by atoms with Crippen molar-refractivity contribution in [3.63, 3.8) is 0 Å².